The fourth-order valence-electron chi connectivity index (χ4n) is 2.48. The average molecular weight is 215 g/mol. The smallest absolute Gasteiger partial charge is 0.106 e. The molecule has 0 bridgehead atoms. The third kappa shape index (κ3) is 1.43. The van der Waals surface area contributed by atoms with Crippen LogP contribution >= 0.6 is 0 Å². The fraction of sp³-hybridized carbons (Fsp3) is 0.462. The number of imidazole rings is 1. The molecule has 0 saturated carbocycles. The molecule has 3 nitrogen and oxygen atoms in total. The summed E-state index contributed by atoms with van der Waals surface area (Å²) in [5.41, 5.74) is 5.36. The van der Waals surface area contributed by atoms with Crippen LogP contribution in [0, 0.1) is 6.92 Å². The van der Waals surface area contributed by atoms with Gasteiger partial charge in [-0.15, -0.1) is 0 Å². The number of nitrogens with one attached hydrogen (secondary N) is 1. The predicted molar refractivity (Wildman–Crippen MR) is 65.7 cm³/mol. The largest absolute Gasteiger partial charge is 0.331 e. The standard InChI is InChI=1S/C13H17N3/c1-9-15-12-7-10-3-5-14-6-4-11(10)8-13(12)16(9)2/h7-8,14H,3-6H2,1-2H3. The highest BCUT2D eigenvalue weighted by molar-refractivity contribution is 5.78. The summed E-state index contributed by atoms with van der Waals surface area (Å²) in [5, 5.41) is 3.44. The first-order valence-corrected chi connectivity index (χ1v) is 5.91. The summed E-state index contributed by atoms with van der Waals surface area (Å²) in [4.78, 5) is 4.59. The van der Waals surface area contributed by atoms with E-state index in [1.807, 2.05) is 0 Å². The van der Waals surface area contributed by atoms with Crippen LogP contribution in [0.1, 0.15) is 17.0 Å². The van der Waals surface area contributed by atoms with Gasteiger partial charge in [0.25, 0.3) is 0 Å². The van der Waals surface area contributed by atoms with Gasteiger partial charge < -0.3 is 9.88 Å². The zero-order chi connectivity index (χ0) is 11.1. The molecule has 1 aromatic heterocycles. The van der Waals surface area contributed by atoms with E-state index in [1.54, 1.807) is 0 Å². The Kier molecular flexibility index (Phi) is 2.21. The third-order valence-electron chi connectivity index (χ3n) is 3.57. The highest BCUT2D eigenvalue weighted by atomic mass is 15.0. The molecular formula is C13H17N3. The second kappa shape index (κ2) is 3.59. The van der Waals surface area contributed by atoms with Gasteiger partial charge in [0.05, 0.1) is 11.0 Å². The van der Waals surface area contributed by atoms with Gasteiger partial charge in [-0.25, -0.2) is 4.98 Å². The first-order valence-electron chi connectivity index (χ1n) is 5.91. The Labute approximate surface area is 95.5 Å². The van der Waals surface area contributed by atoms with E-state index in [1.165, 1.54) is 16.6 Å². The first-order chi connectivity index (χ1) is 7.75. The summed E-state index contributed by atoms with van der Waals surface area (Å²) in [5.74, 6) is 1.09. The van der Waals surface area contributed by atoms with E-state index >= 15 is 0 Å². The molecular weight excluding hydrogens is 198 g/mol. The van der Waals surface area contributed by atoms with Gasteiger partial charge in [0.1, 0.15) is 5.82 Å². The average Bonchev–Trinajstić information content (AvgIpc) is 2.48. The molecule has 3 heteroatoms. The van der Waals surface area contributed by atoms with Crippen LogP contribution < -0.4 is 5.32 Å². The zero-order valence-electron chi connectivity index (χ0n) is 9.88. The lowest BCUT2D eigenvalue weighted by atomic mass is 10.0. The van der Waals surface area contributed by atoms with Crippen molar-refractivity contribution >= 4 is 11.0 Å². The Balaban J connectivity index is 2.24. The molecule has 2 aromatic rings. The van der Waals surface area contributed by atoms with Crippen molar-refractivity contribution in [1.82, 2.24) is 14.9 Å². The van der Waals surface area contributed by atoms with Crippen molar-refractivity contribution in [3.05, 3.63) is 29.1 Å². The minimum atomic E-state index is 1.09. The van der Waals surface area contributed by atoms with Crippen LogP contribution in [0.5, 0.6) is 0 Å². The van der Waals surface area contributed by atoms with Gasteiger partial charge in [0, 0.05) is 7.05 Å². The summed E-state index contributed by atoms with van der Waals surface area (Å²) in [6.07, 6.45) is 2.26. The molecule has 0 spiro atoms. The van der Waals surface area contributed by atoms with Crippen molar-refractivity contribution in [1.29, 1.82) is 0 Å². The molecule has 0 fully saturated rings. The summed E-state index contributed by atoms with van der Waals surface area (Å²) in [7, 11) is 2.09. The molecule has 3 rings (SSSR count). The summed E-state index contributed by atoms with van der Waals surface area (Å²) in [6.45, 7) is 4.24. The van der Waals surface area contributed by atoms with E-state index in [0.717, 1.165) is 37.3 Å². The number of rotatable bonds is 0. The first kappa shape index (κ1) is 9.85. The van der Waals surface area contributed by atoms with Crippen molar-refractivity contribution < 1.29 is 0 Å². The molecule has 16 heavy (non-hydrogen) atoms. The topological polar surface area (TPSA) is 29.9 Å². The Bertz CT molecular complexity index is 540. The molecule has 0 atom stereocenters. The second-order valence-corrected chi connectivity index (χ2v) is 4.58. The highest BCUT2D eigenvalue weighted by Crippen LogP contribution is 2.22. The van der Waals surface area contributed by atoms with E-state index in [-0.39, 0.29) is 0 Å². The predicted octanol–water partition coefficient (Wildman–Crippen LogP) is 1.57. The maximum absolute atomic E-state index is 4.59. The molecule has 0 amide bonds. The quantitative estimate of drug-likeness (QED) is 0.723. The molecule has 0 unspecified atom stereocenters. The van der Waals surface area contributed by atoms with Crippen LogP contribution in [0.25, 0.3) is 11.0 Å². The molecule has 84 valence electrons. The van der Waals surface area contributed by atoms with Crippen molar-refractivity contribution in [2.45, 2.75) is 19.8 Å². The third-order valence-corrected chi connectivity index (χ3v) is 3.57. The Morgan fingerprint density at radius 1 is 1.19 bits per heavy atom. The number of fused-ring (bicyclic) bond motifs is 2. The van der Waals surface area contributed by atoms with Crippen molar-refractivity contribution in [3.63, 3.8) is 0 Å². The van der Waals surface area contributed by atoms with Crippen LogP contribution in [0.4, 0.5) is 0 Å². The number of aromatic nitrogens is 2. The van der Waals surface area contributed by atoms with Crippen LogP contribution in [0.3, 0.4) is 0 Å². The Hall–Kier alpha value is -1.35. The van der Waals surface area contributed by atoms with E-state index in [0.29, 0.717) is 0 Å². The molecule has 1 aromatic carbocycles. The summed E-state index contributed by atoms with van der Waals surface area (Å²) < 4.78 is 2.17. The van der Waals surface area contributed by atoms with Crippen molar-refractivity contribution in [2.75, 3.05) is 13.1 Å². The van der Waals surface area contributed by atoms with Gasteiger partial charge in [-0.2, -0.15) is 0 Å². The lowest BCUT2D eigenvalue weighted by Gasteiger charge is -2.05. The maximum Gasteiger partial charge on any atom is 0.106 e. The lowest BCUT2D eigenvalue weighted by Crippen LogP contribution is -2.16. The SMILES string of the molecule is Cc1nc2cc3c(cc2n1C)CCNCC3. The Morgan fingerprint density at radius 3 is 2.62 bits per heavy atom. The number of hydrogen-bond acceptors (Lipinski definition) is 2. The van der Waals surface area contributed by atoms with Gasteiger partial charge >= 0.3 is 0 Å². The van der Waals surface area contributed by atoms with E-state index < -0.39 is 0 Å². The highest BCUT2D eigenvalue weighted by Gasteiger charge is 2.11. The van der Waals surface area contributed by atoms with Crippen LogP contribution in [-0.4, -0.2) is 22.6 Å². The van der Waals surface area contributed by atoms with Gasteiger partial charge in [-0.1, -0.05) is 0 Å². The molecule has 0 aliphatic carbocycles. The molecule has 1 N–H and O–H groups in total. The number of nitrogens with zero attached hydrogens (tertiary/aromatic N) is 2. The minimum absolute atomic E-state index is 1.09. The maximum atomic E-state index is 4.59. The summed E-state index contributed by atoms with van der Waals surface area (Å²) in [6, 6.07) is 4.59. The van der Waals surface area contributed by atoms with Crippen LogP contribution in [-0.2, 0) is 19.9 Å². The van der Waals surface area contributed by atoms with Crippen molar-refractivity contribution in [3.8, 4) is 0 Å². The van der Waals surface area contributed by atoms with Crippen LogP contribution in [0.15, 0.2) is 12.1 Å². The van der Waals surface area contributed by atoms with Gasteiger partial charge in [-0.3, -0.25) is 0 Å². The molecule has 1 aliphatic heterocycles. The number of aryl methyl sites for hydroxylation is 2. The second-order valence-electron chi connectivity index (χ2n) is 4.58. The normalized spacial score (nSPS) is 16.1. The fourth-order valence-corrected chi connectivity index (χ4v) is 2.48. The molecule has 1 aliphatic rings. The minimum Gasteiger partial charge on any atom is -0.331 e. The van der Waals surface area contributed by atoms with E-state index in [4.69, 9.17) is 0 Å². The molecule has 0 saturated heterocycles. The van der Waals surface area contributed by atoms with Crippen molar-refractivity contribution in [2.24, 2.45) is 7.05 Å². The monoisotopic (exact) mass is 215 g/mol. The zero-order valence-corrected chi connectivity index (χ0v) is 9.88. The number of benzene rings is 1. The number of hydrogen-bond donors (Lipinski definition) is 1. The van der Waals surface area contributed by atoms with Gasteiger partial charge in [0.15, 0.2) is 0 Å². The Morgan fingerprint density at radius 2 is 1.88 bits per heavy atom. The van der Waals surface area contributed by atoms with E-state index in [2.05, 4.69) is 41.0 Å². The molecule has 0 radical (unpaired) electrons. The van der Waals surface area contributed by atoms with E-state index in [9.17, 15) is 0 Å². The van der Waals surface area contributed by atoms with Crippen LogP contribution in [0.2, 0.25) is 0 Å². The van der Waals surface area contributed by atoms with Gasteiger partial charge in [-0.05, 0) is 56.1 Å². The molecule has 2 heterocycles. The lowest BCUT2D eigenvalue weighted by molar-refractivity contribution is 0.711. The van der Waals surface area contributed by atoms with Gasteiger partial charge in [0.2, 0.25) is 0 Å². The summed E-state index contributed by atoms with van der Waals surface area (Å²) >= 11 is 0.